The number of allylic oxidation sites excluding steroid dienone is 1. The third-order valence-electron chi connectivity index (χ3n) is 6.70. The first-order valence-electron chi connectivity index (χ1n) is 12.9. The lowest BCUT2D eigenvalue weighted by atomic mass is 10.00. The number of hydrogen-bond acceptors (Lipinski definition) is 7. The molecule has 3 aromatic rings. The van der Waals surface area contributed by atoms with Gasteiger partial charge in [0.25, 0.3) is 5.91 Å². The molecule has 2 aliphatic heterocycles. The van der Waals surface area contributed by atoms with Gasteiger partial charge >= 0.3 is 5.97 Å². The number of β-lactam (4-membered cyclic amide) rings is 1. The van der Waals surface area contributed by atoms with Crippen LogP contribution in [0.3, 0.4) is 0 Å². The second kappa shape index (κ2) is 12.1. The Morgan fingerprint density at radius 2 is 1.65 bits per heavy atom. The van der Waals surface area contributed by atoms with E-state index in [2.05, 4.69) is 17.2 Å². The van der Waals surface area contributed by atoms with E-state index in [1.165, 1.54) is 28.8 Å². The molecular formula is C31H29N3O5S. The number of anilines is 1. The Kier molecular flexibility index (Phi) is 8.21. The fourth-order valence-corrected chi connectivity index (χ4v) is 6.10. The van der Waals surface area contributed by atoms with E-state index in [1.54, 1.807) is 18.2 Å². The molecule has 0 saturated carbocycles. The highest BCUT2D eigenvalue weighted by atomic mass is 32.2. The zero-order valence-electron chi connectivity index (χ0n) is 21.7. The van der Waals surface area contributed by atoms with Gasteiger partial charge in [0.1, 0.15) is 22.9 Å². The monoisotopic (exact) mass is 555 g/mol. The van der Waals surface area contributed by atoms with E-state index in [-0.39, 0.29) is 29.8 Å². The van der Waals surface area contributed by atoms with Gasteiger partial charge in [-0.1, -0.05) is 66.7 Å². The molecule has 2 heterocycles. The lowest BCUT2D eigenvalue weighted by Gasteiger charge is -2.49. The predicted molar refractivity (Wildman–Crippen MR) is 154 cm³/mol. The molecule has 0 bridgehead atoms. The second-order valence-corrected chi connectivity index (χ2v) is 10.5. The van der Waals surface area contributed by atoms with E-state index in [1.807, 2.05) is 60.7 Å². The Balaban J connectivity index is 1.32. The second-order valence-electron chi connectivity index (χ2n) is 9.41. The third kappa shape index (κ3) is 5.74. The molecule has 0 aliphatic carbocycles. The maximum Gasteiger partial charge on any atom is 0.356 e. The van der Waals surface area contributed by atoms with E-state index < -0.39 is 23.5 Å². The summed E-state index contributed by atoms with van der Waals surface area (Å²) in [5.74, 6) is -0.678. The van der Waals surface area contributed by atoms with Gasteiger partial charge in [0.2, 0.25) is 5.91 Å². The van der Waals surface area contributed by atoms with Crippen molar-refractivity contribution in [1.82, 2.24) is 10.2 Å². The van der Waals surface area contributed by atoms with Crippen molar-refractivity contribution >= 4 is 35.2 Å². The number of phenolic OH excluding ortho intramolecular Hbond substituents is 1. The van der Waals surface area contributed by atoms with Gasteiger partial charge in [-0.25, -0.2) is 4.79 Å². The van der Waals surface area contributed by atoms with Gasteiger partial charge in [-0.2, -0.15) is 0 Å². The molecule has 2 aliphatic rings. The smallest absolute Gasteiger partial charge is 0.356 e. The molecule has 9 heteroatoms. The van der Waals surface area contributed by atoms with Crippen LogP contribution in [0.25, 0.3) is 0 Å². The molecule has 5 rings (SSSR count). The highest BCUT2D eigenvalue weighted by Crippen LogP contribution is 2.42. The predicted octanol–water partition coefficient (Wildman–Crippen LogP) is 4.37. The number of esters is 1. The van der Waals surface area contributed by atoms with Crippen molar-refractivity contribution in [3.8, 4) is 5.75 Å². The quantitative estimate of drug-likeness (QED) is 0.148. The standard InChI is InChI=1S/C31H29N3O5S/c1-2-9-22-19-40-30-26(33-25(36)18-32-23-14-16-24(35)17-15-23)29(37)34(30)27(22)31(38)39-28(20-10-5-3-6-11-20)21-12-7-4-8-13-21/h2-8,10-17,26,28,30,32,35H,1,9,18-19H2,(H,33,36)/t26?,30-/m1/s1. The first-order chi connectivity index (χ1) is 19.5. The minimum absolute atomic E-state index is 0.0474. The van der Waals surface area contributed by atoms with Gasteiger partial charge in [-0.05, 0) is 47.4 Å². The molecule has 204 valence electrons. The van der Waals surface area contributed by atoms with Crippen molar-refractivity contribution in [3.63, 3.8) is 0 Å². The van der Waals surface area contributed by atoms with Gasteiger partial charge in [0.15, 0.2) is 6.10 Å². The number of thioether (sulfide) groups is 1. The molecule has 8 nitrogen and oxygen atoms in total. The topological polar surface area (TPSA) is 108 Å². The number of ether oxygens (including phenoxy) is 1. The first-order valence-corrected chi connectivity index (χ1v) is 13.9. The van der Waals surface area contributed by atoms with Crippen LogP contribution in [0.15, 0.2) is 109 Å². The molecule has 40 heavy (non-hydrogen) atoms. The Morgan fingerprint density at radius 3 is 2.25 bits per heavy atom. The number of rotatable bonds is 10. The van der Waals surface area contributed by atoms with Crippen molar-refractivity contribution in [2.75, 3.05) is 17.6 Å². The molecule has 0 aromatic heterocycles. The third-order valence-corrected chi connectivity index (χ3v) is 8.04. The molecule has 1 saturated heterocycles. The number of amides is 2. The average Bonchev–Trinajstić information content (AvgIpc) is 2.99. The molecule has 1 unspecified atom stereocenters. The summed E-state index contributed by atoms with van der Waals surface area (Å²) in [4.78, 5) is 41.1. The summed E-state index contributed by atoms with van der Waals surface area (Å²) in [6.45, 7) is 3.77. The van der Waals surface area contributed by atoms with Crippen LogP contribution in [0, 0.1) is 0 Å². The van der Waals surface area contributed by atoms with E-state index in [0.29, 0.717) is 17.9 Å². The fourth-order valence-electron chi connectivity index (χ4n) is 4.74. The number of fused-ring (bicyclic) bond motifs is 1. The van der Waals surface area contributed by atoms with Gasteiger partial charge in [0, 0.05) is 11.4 Å². The van der Waals surface area contributed by atoms with Crippen molar-refractivity contribution in [2.24, 2.45) is 0 Å². The van der Waals surface area contributed by atoms with Gasteiger partial charge < -0.3 is 20.5 Å². The number of nitrogens with zero attached hydrogens (tertiary/aromatic N) is 1. The summed E-state index contributed by atoms with van der Waals surface area (Å²) in [7, 11) is 0. The van der Waals surface area contributed by atoms with Crippen LogP contribution in [0.4, 0.5) is 5.69 Å². The van der Waals surface area contributed by atoms with Gasteiger partial charge in [-0.3, -0.25) is 14.5 Å². The van der Waals surface area contributed by atoms with Crippen LogP contribution < -0.4 is 10.6 Å². The number of nitrogens with one attached hydrogen (secondary N) is 2. The SMILES string of the molecule is C=CCC1=C(C(=O)OC(c2ccccc2)c2ccccc2)N2C(=O)C(NC(=O)CNc3ccc(O)cc3)[C@H]2SC1. The van der Waals surface area contributed by atoms with E-state index >= 15 is 0 Å². The highest BCUT2D eigenvalue weighted by molar-refractivity contribution is 8.00. The molecule has 3 aromatic carbocycles. The Bertz CT molecular complexity index is 1390. The van der Waals surface area contributed by atoms with Crippen LogP contribution in [0.1, 0.15) is 23.7 Å². The van der Waals surface area contributed by atoms with Gasteiger partial charge in [0.05, 0.1) is 6.54 Å². The van der Waals surface area contributed by atoms with E-state index in [9.17, 15) is 19.5 Å². The number of aromatic hydroxyl groups is 1. The minimum atomic E-state index is -0.758. The van der Waals surface area contributed by atoms with E-state index in [4.69, 9.17) is 4.74 Å². The minimum Gasteiger partial charge on any atom is -0.508 e. The molecular weight excluding hydrogens is 526 g/mol. The summed E-state index contributed by atoms with van der Waals surface area (Å²) >= 11 is 1.49. The molecule has 1 fully saturated rings. The Labute approximate surface area is 236 Å². The largest absolute Gasteiger partial charge is 0.508 e. The maximum atomic E-state index is 13.8. The molecule has 0 spiro atoms. The molecule has 2 amide bonds. The zero-order valence-corrected chi connectivity index (χ0v) is 22.5. The van der Waals surface area contributed by atoms with Gasteiger partial charge in [-0.15, -0.1) is 18.3 Å². The Hall–Kier alpha value is -4.50. The summed E-state index contributed by atoms with van der Waals surface area (Å²) in [5, 5.41) is 14.7. The van der Waals surface area contributed by atoms with Crippen molar-refractivity contribution in [2.45, 2.75) is 23.9 Å². The lowest BCUT2D eigenvalue weighted by Crippen LogP contribution is -2.71. The number of phenols is 1. The van der Waals surface area contributed by atoms with E-state index in [0.717, 1.165) is 16.7 Å². The number of benzene rings is 3. The van der Waals surface area contributed by atoms with Crippen LogP contribution in [-0.4, -0.2) is 51.5 Å². The molecule has 3 N–H and O–H groups in total. The summed E-state index contributed by atoms with van der Waals surface area (Å²) < 4.78 is 6.10. The van der Waals surface area contributed by atoms with Crippen LogP contribution in [0.5, 0.6) is 5.75 Å². The van der Waals surface area contributed by atoms with Crippen molar-refractivity contribution in [3.05, 3.63) is 120 Å². The molecule has 0 radical (unpaired) electrons. The number of carbonyl (C=O) groups excluding carboxylic acids is 3. The summed E-state index contributed by atoms with van der Waals surface area (Å²) in [6.07, 6.45) is 1.48. The normalized spacial score (nSPS) is 18.0. The summed E-state index contributed by atoms with van der Waals surface area (Å²) in [5.41, 5.74) is 3.27. The highest BCUT2D eigenvalue weighted by Gasteiger charge is 2.54. The zero-order chi connectivity index (χ0) is 28.1. The summed E-state index contributed by atoms with van der Waals surface area (Å²) in [6, 6.07) is 24.5. The lowest BCUT2D eigenvalue weighted by molar-refractivity contribution is -0.154. The number of hydrogen-bond donors (Lipinski definition) is 3. The molecule has 2 atom stereocenters. The Morgan fingerprint density at radius 1 is 1.02 bits per heavy atom. The maximum absolute atomic E-state index is 13.8. The van der Waals surface area contributed by atoms with Crippen molar-refractivity contribution < 1.29 is 24.2 Å². The van der Waals surface area contributed by atoms with Crippen molar-refractivity contribution in [1.29, 1.82) is 0 Å². The average molecular weight is 556 g/mol. The van der Waals surface area contributed by atoms with Crippen LogP contribution >= 0.6 is 11.8 Å². The van der Waals surface area contributed by atoms with Crippen LogP contribution in [0.2, 0.25) is 0 Å². The van der Waals surface area contributed by atoms with Crippen LogP contribution in [-0.2, 0) is 19.1 Å². The number of carbonyl (C=O) groups is 3. The fraction of sp³-hybridized carbons (Fsp3) is 0.194. The first kappa shape index (κ1) is 27.1.